The van der Waals surface area contributed by atoms with Gasteiger partial charge in [0.1, 0.15) is 0 Å². The Morgan fingerprint density at radius 2 is 1.62 bits per heavy atom. The summed E-state index contributed by atoms with van der Waals surface area (Å²) in [6, 6.07) is 5.72. The van der Waals surface area contributed by atoms with Crippen molar-refractivity contribution in [2.75, 3.05) is 20.2 Å². The van der Waals surface area contributed by atoms with E-state index in [9.17, 15) is 5.11 Å². The van der Waals surface area contributed by atoms with Crippen LogP contribution in [0.15, 0.2) is 18.2 Å². The first-order chi connectivity index (χ1) is 9.93. The number of ether oxygens (including phenoxy) is 1. The Hall–Kier alpha value is -1.22. The number of para-hydroxylation sites is 1. The summed E-state index contributed by atoms with van der Waals surface area (Å²) in [5.74, 6) is 2.23. The molecule has 0 unspecified atom stereocenters. The molecule has 1 rings (SSSR count). The summed E-state index contributed by atoms with van der Waals surface area (Å²) in [6.07, 6.45) is 2.37. The quantitative estimate of drug-likeness (QED) is 0.737. The van der Waals surface area contributed by atoms with E-state index < -0.39 is 0 Å². The maximum atomic E-state index is 10.2. The zero-order valence-electron chi connectivity index (χ0n) is 14.2. The van der Waals surface area contributed by atoms with Crippen LogP contribution in [-0.4, -0.2) is 30.2 Å². The number of phenolic OH excluding ortho intramolecular Hbond substituents is 1. The van der Waals surface area contributed by atoms with E-state index in [1.54, 1.807) is 13.2 Å². The van der Waals surface area contributed by atoms with Gasteiger partial charge in [-0.15, -0.1) is 0 Å². The number of methoxy groups -OCH3 is 1. The van der Waals surface area contributed by atoms with Crippen molar-refractivity contribution in [2.45, 2.75) is 47.1 Å². The summed E-state index contributed by atoms with van der Waals surface area (Å²) in [5, 5.41) is 10.2. The molecule has 0 bridgehead atoms. The second kappa shape index (κ2) is 8.93. The molecule has 0 aliphatic heterocycles. The van der Waals surface area contributed by atoms with Gasteiger partial charge in [-0.25, -0.2) is 0 Å². The van der Waals surface area contributed by atoms with E-state index in [1.165, 1.54) is 12.8 Å². The van der Waals surface area contributed by atoms with Crippen molar-refractivity contribution in [3.63, 3.8) is 0 Å². The number of nitrogens with zero attached hydrogens (tertiary/aromatic N) is 1. The van der Waals surface area contributed by atoms with E-state index in [0.717, 1.165) is 25.2 Å². The smallest absolute Gasteiger partial charge is 0.162 e. The van der Waals surface area contributed by atoms with Crippen molar-refractivity contribution < 1.29 is 9.84 Å². The molecule has 1 aromatic carbocycles. The van der Waals surface area contributed by atoms with Crippen LogP contribution in [0.5, 0.6) is 11.5 Å². The molecule has 21 heavy (non-hydrogen) atoms. The fourth-order valence-corrected chi connectivity index (χ4v) is 2.25. The molecule has 3 nitrogen and oxygen atoms in total. The van der Waals surface area contributed by atoms with E-state index in [4.69, 9.17) is 4.74 Å². The molecule has 0 aliphatic rings. The van der Waals surface area contributed by atoms with Gasteiger partial charge in [-0.1, -0.05) is 39.8 Å². The average molecular weight is 293 g/mol. The number of aromatic hydroxyl groups is 1. The molecule has 0 fully saturated rings. The summed E-state index contributed by atoms with van der Waals surface area (Å²) in [5.41, 5.74) is 0.946. The van der Waals surface area contributed by atoms with Crippen LogP contribution in [0.3, 0.4) is 0 Å². The molecule has 0 atom stereocenters. The molecule has 0 saturated heterocycles. The number of hydrogen-bond acceptors (Lipinski definition) is 3. The molecule has 0 spiro atoms. The van der Waals surface area contributed by atoms with Crippen molar-refractivity contribution in [2.24, 2.45) is 11.8 Å². The van der Waals surface area contributed by atoms with Crippen LogP contribution in [0.4, 0.5) is 0 Å². The highest BCUT2D eigenvalue weighted by molar-refractivity contribution is 5.45. The van der Waals surface area contributed by atoms with Crippen molar-refractivity contribution in [1.29, 1.82) is 0 Å². The lowest BCUT2D eigenvalue weighted by Gasteiger charge is -2.25. The van der Waals surface area contributed by atoms with Gasteiger partial charge in [0, 0.05) is 12.1 Å². The zero-order valence-corrected chi connectivity index (χ0v) is 14.2. The first kappa shape index (κ1) is 17.8. The third kappa shape index (κ3) is 6.38. The molecule has 0 saturated carbocycles. The first-order valence-electron chi connectivity index (χ1n) is 8.01. The molecule has 3 heteroatoms. The van der Waals surface area contributed by atoms with Crippen molar-refractivity contribution in [3.05, 3.63) is 23.8 Å². The van der Waals surface area contributed by atoms with E-state index in [1.807, 2.05) is 12.1 Å². The second-order valence-corrected chi connectivity index (χ2v) is 6.61. The van der Waals surface area contributed by atoms with Gasteiger partial charge in [-0.2, -0.15) is 0 Å². The van der Waals surface area contributed by atoms with E-state index in [0.29, 0.717) is 17.6 Å². The molecule has 0 aliphatic carbocycles. The predicted octanol–water partition coefficient (Wildman–Crippen LogP) is 4.30. The normalized spacial score (nSPS) is 11.6. The van der Waals surface area contributed by atoms with Gasteiger partial charge in [0.05, 0.1) is 7.11 Å². The maximum absolute atomic E-state index is 10.2. The lowest BCUT2D eigenvalue weighted by atomic mass is 10.1. The van der Waals surface area contributed by atoms with Gasteiger partial charge in [0.2, 0.25) is 0 Å². The molecule has 0 heterocycles. The lowest BCUT2D eigenvalue weighted by molar-refractivity contribution is 0.232. The topological polar surface area (TPSA) is 32.7 Å². The van der Waals surface area contributed by atoms with Crippen LogP contribution in [0.2, 0.25) is 0 Å². The predicted molar refractivity (Wildman–Crippen MR) is 88.8 cm³/mol. The molecular formula is C18H31NO2. The van der Waals surface area contributed by atoms with Crippen LogP contribution in [0.25, 0.3) is 0 Å². The van der Waals surface area contributed by atoms with E-state index in [2.05, 4.69) is 32.6 Å². The van der Waals surface area contributed by atoms with Crippen LogP contribution in [-0.2, 0) is 6.54 Å². The van der Waals surface area contributed by atoms with E-state index in [-0.39, 0.29) is 5.75 Å². The molecule has 1 aromatic rings. The number of hydrogen-bond donors (Lipinski definition) is 1. The van der Waals surface area contributed by atoms with Gasteiger partial charge in [0.15, 0.2) is 11.5 Å². The van der Waals surface area contributed by atoms with Gasteiger partial charge in [-0.05, 0) is 43.8 Å². The summed E-state index contributed by atoms with van der Waals surface area (Å²) < 4.78 is 5.20. The highest BCUT2D eigenvalue weighted by Crippen LogP contribution is 2.30. The Kier molecular flexibility index (Phi) is 7.58. The monoisotopic (exact) mass is 293 g/mol. The largest absolute Gasteiger partial charge is 0.504 e. The van der Waals surface area contributed by atoms with Crippen LogP contribution >= 0.6 is 0 Å². The van der Waals surface area contributed by atoms with Crippen molar-refractivity contribution in [3.8, 4) is 11.5 Å². The SMILES string of the molecule is COc1cccc(CN(CCC(C)C)CCC(C)C)c1O. The maximum Gasteiger partial charge on any atom is 0.162 e. The van der Waals surface area contributed by atoms with Gasteiger partial charge in [0.25, 0.3) is 0 Å². The van der Waals surface area contributed by atoms with Gasteiger partial charge in [-0.3, -0.25) is 4.90 Å². The van der Waals surface area contributed by atoms with E-state index >= 15 is 0 Å². The van der Waals surface area contributed by atoms with Gasteiger partial charge >= 0.3 is 0 Å². The Bertz CT molecular complexity index is 404. The van der Waals surface area contributed by atoms with Crippen LogP contribution < -0.4 is 4.74 Å². The first-order valence-corrected chi connectivity index (χ1v) is 8.01. The minimum Gasteiger partial charge on any atom is -0.504 e. The Balaban J connectivity index is 2.74. The van der Waals surface area contributed by atoms with Crippen molar-refractivity contribution in [1.82, 2.24) is 4.90 Å². The second-order valence-electron chi connectivity index (χ2n) is 6.61. The molecule has 0 aromatic heterocycles. The molecule has 1 N–H and O–H groups in total. The van der Waals surface area contributed by atoms with Crippen molar-refractivity contribution >= 4 is 0 Å². The number of benzene rings is 1. The minimum absolute atomic E-state index is 0.277. The number of phenols is 1. The molecule has 0 amide bonds. The standard InChI is InChI=1S/C18H31NO2/c1-14(2)9-11-19(12-10-15(3)4)13-16-7-6-8-17(21-5)18(16)20/h6-8,14-15,20H,9-13H2,1-5H3. The Morgan fingerprint density at radius 1 is 1.05 bits per heavy atom. The fourth-order valence-electron chi connectivity index (χ4n) is 2.25. The molecule has 0 radical (unpaired) electrons. The summed E-state index contributed by atoms with van der Waals surface area (Å²) in [7, 11) is 1.59. The average Bonchev–Trinajstić information content (AvgIpc) is 2.43. The summed E-state index contributed by atoms with van der Waals surface area (Å²) in [4.78, 5) is 2.44. The highest BCUT2D eigenvalue weighted by atomic mass is 16.5. The Labute approximate surface area is 129 Å². The van der Waals surface area contributed by atoms with Crippen LogP contribution in [0, 0.1) is 11.8 Å². The minimum atomic E-state index is 0.277. The number of rotatable bonds is 9. The zero-order chi connectivity index (χ0) is 15.8. The lowest BCUT2D eigenvalue weighted by Crippen LogP contribution is -2.27. The van der Waals surface area contributed by atoms with Crippen LogP contribution in [0.1, 0.15) is 46.1 Å². The highest BCUT2D eigenvalue weighted by Gasteiger charge is 2.13. The fraction of sp³-hybridized carbons (Fsp3) is 0.667. The van der Waals surface area contributed by atoms with Gasteiger partial charge < -0.3 is 9.84 Å². The molecule has 120 valence electrons. The molecular weight excluding hydrogens is 262 g/mol. The summed E-state index contributed by atoms with van der Waals surface area (Å²) in [6.45, 7) is 11.9. The summed E-state index contributed by atoms with van der Waals surface area (Å²) >= 11 is 0. The third-order valence-electron chi connectivity index (χ3n) is 3.74. The Morgan fingerprint density at radius 3 is 2.10 bits per heavy atom. The third-order valence-corrected chi connectivity index (χ3v) is 3.74.